The van der Waals surface area contributed by atoms with Crippen molar-refractivity contribution in [3.63, 3.8) is 0 Å². The molecule has 1 N–H and O–H groups in total. The van der Waals surface area contributed by atoms with E-state index >= 15 is 0 Å². The average molecular weight is 312 g/mol. The molecule has 1 heterocycles. The van der Waals surface area contributed by atoms with Gasteiger partial charge in [-0.1, -0.05) is 36.7 Å². The van der Waals surface area contributed by atoms with Crippen LogP contribution in [0.25, 0.3) is 0 Å². The van der Waals surface area contributed by atoms with Gasteiger partial charge in [-0.15, -0.1) is 0 Å². The number of nitrogens with zero attached hydrogens (tertiary/aromatic N) is 1. The van der Waals surface area contributed by atoms with Gasteiger partial charge in [0.1, 0.15) is 0 Å². The van der Waals surface area contributed by atoms with Crippen molar-refractivity contribution in [2.24, 2.45) is 5.92 Å². The molecule has 0 aromatic heterocycles. The summed E-state index contributed by atoms with van der Waals surface area (Å²) in [6.45, 7) is 2.61. The summed E-state index contributed by atoms with van der Waals surface area (Å²) in [4.78, 5) is 24.9. The van der Waals surface area contributed by atoms with E-state index in [-0.39, 0.29) is 25.0 Å². The van der Waals surface area contributed by atoms with E-state index in [0.29, 0.717) is 18.0 Å². The summed E-state index contributed by atoms with van der Waals surface area (Å²) in [5.41, 5.74) is 0.920. The molecule has 5 nitrogen and oxygen atoms in total. The van der Waals surface area contributed by atoms with E-state index < -0.39 is 12.1 Å². The third kappa shape index (κ3) is 3.95. The summed E-state index contributed by atoms with van der Waals surface area (Å²) in [7, 11) is 0. The molecule has 0 saturated carbocycles. The molecule has 1 aliphatic heterocycles. The molecule has 2 atom stereocenters. The second-order valence-corrected chi connectivity index (χ2v) is 5.59. The minimum atomic E-state index is -1.04. The molecule has 1 aliphatic rings. The molecule has 0 bridgehead atoms. The first-order valence-corrected chi connectivity index (χ1v) is 7.23. The molecule has 6 heteroatoms. The lowest BCUT2D eigenvalue weighted by atomic mass is 9.99. The van der Waals surface area contributed by atoms with E-state index in [1.807, 2.05) is 25.1 Å². The maximum atomic E-state index is 12.4. The summed E-state index contributed by atoms with van der Waals surface area (Å²) >= 11 is 6.10. The molecule has 0 aliphatic carbocycles. The van der Waals surface area contributed by atoms with Crippen molar-refractivity contribution in [2.75, 3.05) is 19.7 Å². The zero-order chi connectivity index (χ0) is 15.4. The first kappa shape index (κ1) is 15.8. The lowest BCUT2D eigenvalue weighted by Gasteiger charge is -2.32. The van der Waals surface area contributed by atoms with E-state index in [4.69, 9.17) is 21.4 Å². The standard InChI is InChI=1S/C15H18ClNO4/c1-10(8-11-4-2-3-5-12(11)16)14(18)17-6-7-21-13(9-17)15(19)20/h2-5,10,13H,6-9H2,1H3,(H,19,20). The summed E-state index contributed by atoms with van der Waals surface area (Å²) in [6.07, 6.45) is -0.400. The molecular weight excluding hydrogens is 294 g/mol. The summed E-state index contributed by atoms with van der Waals surface area (Å²) in [5.74, 6) is -1.35. The van der Waals surface area contributed by atoms with Gasteiger partial charge in [0.05, 0.1) is 13.2 Å². The SMILES string of the molecule is CC(Cc1ccccc1Cl)C(=O)N1CCOC(C(=O)O)C1. The van der Waals surface area contributed by atoms with Crippen molar-refractivity contribution in [1.82, 2.24) is 4.90 Å². The Morgan fingerprint density at radius 1 is 1.48 bits per heavy atom. The van der Waals surface area contributed by atoms with Gasteiger partial charge in [0.15, 0.2) is 6.10 Å². The van der Waals surface area contributed by atoms with E-state index in [1.54, 1.807) is 11.0 Å². The Labute approximate surface area is 128 Å². The zero-order valence-electron chi connectivity index (χ0n) is 11.8. The smallest absolute Gasteiger partial charge is 0.334 e. The van der Waals surface area contributed by atoms with Gasteiger partial charge in [0, 0.05) is 17.5 Å². The highest BCUT2D eigenvalue weighted by atomic mass is 35.5. The molecule has 2 unspecified atom stereocenters. The number of morpholine rings is 1. The second kappa shape index (κ2) is 6.91. The summed E-state index contributed by atoms with van der Waals surface area (Å²) in [5, 5.41) is 9.61. The van der Waals surface area contributed by atoms with Gasteiger partial charge >= 0.3 is 5.97 Å². The zero-order valence-corrected chi connectivity index (χ0v) is 12.5. The molecule has 1 saturated heterocycles. The number of halogens is 1. The fourth-order valence-corrected chi connectivity index (χ4v) is 2.60. The maximum Gasteiger partial charge on any atom is 0.334 e. The predicted molar refractivity (Wildman–Crippen MR) is 78.3 cm³/mol. The van der Waals surface area contributed by atoms with Crippen molar-refractivity contribution in [3.05, 3.63) is 34.9 Å². The van der Waals surface area contributed by atoms with Crippen molar-refractivity contribution in [2.45, 2.75) is 19.4 Å². The van der Waals surface area contributed by atoms with Gasteiger partial charge in [-0.25, -0.2) is 4.79 Å². The predicted octanol–water partition coefficient (Wildman–Crippen LogP) is 1.83. The fourth-order valence-electron chi connectivity index (χ4n) is 2.39. The van der Waals surface area contributed by atoms with Crippen LogP contribution in [-0.4, -0.2) is 47.7 Å². The van der Waals surface area contributed by atoms with Crippen LogP contribution >= 0.6 is 11.6 Å². The van der Waals surface area contributed by atoms with Gasteiger partial charge < -0.3 is 14.7 Å². The summed E-state index contributed by atoms with van der Waals surface area (Å²) in [6, 6.07) is 7.42. The first-order chi connectivity index (χ1) is 9.99. The van der Waals surface area contributed by atoms with Crippen molar-refractivity contribution in [3.8, 4) is 0 Å². The first-order valence-electron chi connectivity index (χ1n) is 6.85. The highest BCUT2D eigenvalue weighted by Crippen LogP contribution is 2.20. The van der Waals surface area contributed by atoms with E-state index in [9.17, 15) is 9.59 Å². The van der Waals surface area contributed by atoms with Crippen LogP contribution in [0.15, 0.2) is 24.3 Å². The van der Waals surface area contributed by atoms with Crippen LogP contribution in [-0.2, 0) is 20.7 Å². The minimum absolute atomic E-state index is 0.0653. The Kier molecular flexibility index (Phi) is 5.20. The number of hydrogen-bond acceptors (Lipinski definition) is 3. The number of carboxylic acid groups (broad SMARTS) is 1. The highest BCUT2D eigenvalue weighted by molar-refractivity contribution is 6.31. The van der Waals surface area contributed by atoms with Crippen LogP contribution < -0.4 is 0 Å². The van der Waals surface area contributed by atoms with Crippen LogP contribution in [0.4, 0.5) is 0 Å². The number of carbonyl (C=O) groups excluding carboxylic acids is 1. The summed E-state index contributed by atoms with van der Waals surface area (Å²) < 4.78 is 5.12. The Morgan fingerprint density at radius 2 is 2.19 bits per heavy atom. The minimum Gasteiger partial charge on any atom is -0.479 e. The molecule has 1 aromatic carbocycles. The van der Waals surface area contributed by atoms with Crippen molar-refractivity contribution in [1.29, 1.82) is 0 Å². The van der Waals surface area contributed by atoms with E-state index in [2.05, 4.69) is 0 Å². The Morgan fingerprint density at radius 3 is 2.86 bits per heavy atom. The number of ether oxygens (including phenoxy) is 1. The Hall–Kier alpha value is -1.59. The Bertz CT molecular complexity index is 534. The number of rotatable bonds is 4. The van der Waals surface area contributed by atoms with Crippen LogP contribution in [0.5, 0.6) is 0 Å². The normalized spacial score (nSPS) is 20.1. The molecule has 0 radical (unpaired) electrons. The molecule has 1 amide bonds. The van der Waals surface area contributed by atoms with Gasteiger partial charge in [0.2, 0.25) is 5.91 Å². The lowest BCUT2D eigenvalue weighted by Crippen LogP contribution is -2.50. The topological polar surface area (TPSA) is 66.8 Å². The van der Waals surface area contributed by atoms with Crippen molar-refractivity contribution >= 4 is 23.5 Å². The molecule has 2 rings (SSSR count). The number of carboxylic acids is 1. The van der Waals surface area contributed by atoms with Gasteiger partial charge in [-0.05, 0) is 18.1 Å². The van der Waals surface area contributed by atoms with E-state index in [1.165, 1.54) is 0 Å². The number of benzene rings is 1. The van der Waals surface area contributed by atoms with Crippen LogP contribution in [0.3, 0.4) is 0 Å². The van der Waals surface area contributed by atoms with E-state index in [0.717, 1.165) is 5.56 Å². The quantitative estimate of drug-likeness (QED) is 0.921. The molecular formula is C15H18ClNO4. The third-order valence-corrected chi connectivity index (χ3v) is 3.93. The van der Waals surface area contributed by atoms with Gasteiger partial charge in [-0.2, -0.15) is 0 Å². The monoisotopic (exact) mass is 311 g/mol. The van der Waals surface area contributed by atoms with Gasteiger partial charge in [0.25, 0.3) is 0 Å². The molecule has 114 valence electrons. The number of hydrogen-bond donors (Lipinski definition) is 1. The fraction of sp³-hybridized carbons (Fsp3) is 0.467. The second-order valence-electron chi connectivity index (χ2n) is 5.18. The average Bonchev–Trinajstić information content (AvgIpc) is 2.49. The van der Waals surface area contributed by atoms with Crippen LogP contribution in [0, 0.1) is 5.92 Å². The molecule has 1 aromatic rings. The largest absolute Gasteiger partial charge is 0.479 e. The van der Waals surface area contributed by atoms with Crippen LogP contribution in [0.1, 0.15) is 12.5 Å². The number of carbonyl (C=O) groups is 2. The molecule has 21 heavy (non-hydrogen) atoms. The van der Waals surface area contributed by atoms with Crippen LogP contribution in [0.2, 0.25) is 5.02 Å². The molecule has 0 spiro atoms. The number of aliphatic carboxylic acids is 1. The highest BCUT2D eigenvalue weighted by Gasteiger charge is 2.31. The molecule has 1 fully saturated rings. The lowest BCUT2D eigenvalue weighted by molar-refractivity contribution is -0.160. The number of amides is 1. The van der Waals surface area contributed by atoms with Gasteiger partial charge in [-0.3, -0.25) is 4.79 Å². The third-order valence-electron chi connectivity index (χ3n) is 3.56. The van der Waals surface area contributed by atoms with Crippen molar-refractivity contribution < 1.29 is 19.4 Å². The Balaban J connectivity index is 1.99. The maximum absolute atomic E-state index is 12.4.